The maximum atomic E-state index is 12.3. The molecule has 1 amide bonds. The number of aromatic nitrogens is 2. The third kappa shape index (κ3) is 4.27. The molecule has 6 heteroatoms. The Labute approximate surface area is 152 Å². The first kappa shape index (κ1) is 17.7. The highest BCUT2D eigenvalue weighted by Crippen LogP contribution is 2.28. The standard InChI is InChI=1S/C20H21N3O3/c1-3-17(15-9-5-4-6-10-15)22-19(24)13-25-18-12-8-7-11-16(18)20-21-14(2)23-26-20/h4-12,17H,3,13H2,1-2H3,(H,22,24). The fraction of sp³-hybridized carbons (Fsp3) is 0.250. The van der Waals surface area contributed by atoms with Gasteiger partial charge in [0.05, 0.1) is 11.6 Å². The van der Waals surface area contributed by atoms with Crippen molar-refractivity contribution in [3.63, 3.8) is 0 Å². The number of nitrogens with zero attached hydrogens (tertiary/aromatic N) is 2. The molecule has 2 aromatic carbocycles. The predicted molar refractivity (Wildman–Crippen MR) is 97.6 cm³/mol. The average Bonchev–Trinajstić information content (AvgIpc) is 3.11. The molecule has 1 unspecified atom stereocenters. The molecular weight excluding hydrogens is 330 g/mol. The third-order valence-corrected chi connectivity index (χ3v) is 3.95. The van der Waals surface area contributed by atoms with Crippen LogP contribution in [-0.2, 0) is 4.79 Å². The molecular formula is C20H21N3O3. The zero-order valence-electron chi connectivity index (χ0n) is 14.8. The number of carbonyl (C=O) groups is 1. The Balaban J connectivity index is 1.65. The molecule has 0 spiro atoms. The van der Waals surface area contributed by atoms with Gasteiger partial charge in [-0.1, -0.05) is 54.5 Å². The highest BCUT2D eigenvalue weighted by atomic mass is 16.5. The van der Waals surface area contributed by atoms with Gasteiger partial charge in [0.2, 0.25) is 0 Å². The second-order valence-electron chi connectivity index (χ2n) is 5.87. The third-order valence-electron chi connectivity index (χ3n) is 3.95. The maximum absolute atomic E-state index is 12.3. The van der Waals surface area contributed by atoms with E-state index in [-0.39, 0.29) is 18.6 Å². The number of carbonyl (C=O) groups excluding carboxylic acids is 1. The number of benzene rings is 2. The van der Waals surface area contributed by atoms with Crippen LogP contribution in [0.1, 0.15) is 30.8 Å². The average molecular weight is 351 g/mol. The summed E-state index contributed by atoms with van der Waals surface area (Å²) in [5.41, 5.74) is 1.74. The highest BCUT2D eigenvalue weighted by molar-refractivity contribution is 5.78. The second kappa shape index (κ2) is 8.29. The highest BCUT2D eigenvalue weighted by Gasteiger charge is 2.15. The van der Waals surface area contributed by atoms with E-state index in [2.05, 4.69) is 15.5 Å². The van der Waals surface area contributed by atoms with E-state index < -0.39 is 0 Å². The smallest absolute Gasteiger partial charge is 0.261 e. The predicted octanol–water partition coefficient (Wildman–Crippen LogP) is 3.69. The summed E-state index contributed by atoms with van der Waals surface area (Å²) in [6.45, 7) is 3.69. The van der Waals surface area contributed by atoms with Gasteiger partial charge >= 0.3 is 0 Å². The summed E-state index contributed by atoms with van der Waals surface area (Å²) in [6.07, 6.45) is 0.799. The lowest BCUT2D eigenvalue weighted by Gasteiger charge is -2.18. The van der Waals surface area contributed by atoms with E-state index in [9.17, 15) is 4.79 Å². The van der Waals surface area contributed by atoms with E-state index >= 15 is 0 Å². The van der Waals surface area contributed by atoms with Crippen molar-refractivity contribution in [1.82, 2.24) is 15.5 Å². The van der Waals surface area contributed by atoms with Gasteiger partial charge < -0.3 is 14.6 Å². The van der Waals surface area contributed by atoms with Crippen LogP contribution in [0.25, 0.3) is 11.5 Å². The number of nitrogens with one attached hydrogen (secondary N) is 1. The van der Waals surface area contributed by atoms with Crippen LogP contribution in [0.3, 0.4) is 0 Å². The number of aryl methyl sites for hydroxylation is 1. The number of hydrogen-bond donors (Lipinski definition) is 1. The van der Waals surface area contributed by atoms with E-state index in [0.717, 1.165) is 12.0 Å². The van der Waals surface area contributed by atoms with Crippen LogP contribution < -0.4 is 10.1 Å². The lowest BCUT2D eigenvalue weighted by molar-refractivity contribution is -0.123. The van der Waals surface area contributed by atoms with Crippen LogP contribution in [0.15, 0.2) is 59.1 Å². The van der Waals surface area contributed by atoms with Crippen molar-refractivity contribution in [1.29, 1.82) is 0 Å². The Morgan fingerprint density at radius 3 is 2.58 bits per heavy atom. The van der Waals surface area contributed by atoms with Crippen LogP contribution in [0, 0.1) is 6.92 Å². The normalized spacial score (nSPS) is 11.8. The van der Waals surface area contributed by atoms with Crippen molar-refractivity contribution in [2.24, 2.45) is 0 Å². The second-order valence-corrected chi connectivity index (χ2v) is 5.87. The van der Waals surface area contributed by atoms with E-state index in [0.29, 0.717) is 23.0 Å². The molecule has 0 aliphatic heterocycles. The molecule has 134 valence electrons. The molecule has 0 fully saturated rings. The van der Waals surface area contributed by atoms with Crippen LogP contribution in [0.4, 0.5) is 0 Å². The van der Waals surface area contributed by atoms with Gasteiger partial charge in [-0.3, -0.25) is 4.79 Å². The van der Waals surface area contributed by atoms with Crippen molar-refractivity contribution in [3.05, 3.63) is 66.0 Å². The Morgan fingerprint density at radius 2 is 1.88 bits per heavy atom. The van der Waals surface area contributed by atoms with Crippen LogP contribution in [-0.4, -0.2) is 22.7 Å². The Morgan fingerprint density at radius 1 is 1.15 bits per heavy atom. The van der Waals surface area contributed by atoms with Gasteiger partial charge in [0.1, 0.15) is 5.75 Å². The lowest BCUT2D eigenvalue weighted by atomic mass is 10.0. The molecule has 0 aliphatic rings. The van der Waals surface area contributed by atoms with E-state index in [1.807, 2.05) is 55.5 Å². The number of para-hydroxylation sites is 1. The van der Waals surface area contributed by atoms with Crippen molar-refractivity contribution in [2.45, 2.75) is 26.3 Å². The number of hydrogen-bond acceptors (Lipinski definition) is 5. The first-order chi connectivity index (χ1) is 12.7. The van der Waals surface area contributed by atoms with Crippen molar-refractivity contribution >= 4 is 5.91 Å². The summed E-state index contributed by atoms with van der Waals surface area (Å²) >= 11 is 0. The monoisotopic (exact) mass is 351 g/mol. The molecule has 3 rings (SSSR count). The Kier molecular flexibility index (Phi) is 5.63. The number of amides is 1. The quantitative estimate of drug-likeness (QED) is 0.702. The number of rotatable bonds is 7. The first-order valence-corrected chi connectivity index (χ1v) is 8.54. The Bertz CT molecular complexity index is 862. The van der Waals surface area contributed by atoms with Gasteiger partial charge in [-0.2, -0.15) is 4.98 Å². The molecule has 0 saturated heterocycles. The number of ether oxygens (including phenoxy) is 1. The largest absolute Gasteiger partial charge is 0.483 e. The molecule has 1 heterocycles. The van der Waals surface area contributed by atoms with Crippen molar-refractivity contribution < 1.29 is 14.1 Å². The fourth-order valence-corrected chi connectivity index (χ4v) is 2.66. The minimum absolute atomic E-state index is 0.0406. The van der Waals surface area contributed by atoms with Gasteiger partial charge in [-0.25, -0.2) is 0 Å². The van der Waals surface area contributed by atoms with E-state index in [1.54, 1.807) is 13.0 Å². The maximum Gasteiger partial charge on any atom is 0.261 e. The summed E-state index contributed by atoms with van der Waals surface area (Å²) in [6, 6.07) is 17.1. The summed E-state index contributed by atoms with van der Waals surface area (Å²) in [4.78, 5) is 16.5. The van der Waals surface area contributed by atoms with Gasteiger partial charge in [0.15, 0.2) is 12.4 Å². The SMILES string of the molecule is CCC(NC(=O)COc1ccccc1-c1nc(C)no1)c1ccccc1. The van der Waals surface area contributed by atoms with Gasteiger partial charge in [0, 0.05) is 0 Å². The molecule has 0 aliphatic carbocycles. The zero-order valence-corrected chi connectivity index (χ0v) is 14.8. The van der Waals surface area contributed by atoms with Crippen molar-refractivity contribution in [3.8, 4) is 17.2 Å². The lowest BCUT2D eigenvalue weighted by Crippen LogP contribution is -2.32. The van der Waals surface area contributed by atoms with E-state index in [1.165, 1.54) is 0 Å². The first-order valence-electron chi connectivity index (χ1n) is 8.54. The minimum Gasteiger partial charge on any atom is -0.483 e. The molecule has 6 nitrogen and oxygen atoms in total. The molecule has 1 atom stereocenters. The van der Waals surface area contributed by atoms with Crippen molar-refractivity contribution in [2.75, 3.05) is 6.61 Å². The molecule has 1 aromatic heterocycles. The summed E-state index contributed by atoms with van der Waals surface area (Å²) in [5, 5.41) is 6.79. The Hall–Kier alpha value is -3.15. The minimum atomic E-state index is -0.183. The summed E-state index contributed by atoms with van der Waals surface area (Å²) < 4.78 is 10.9. The van der Waals surface area contributed by atoms with Crippen LogP contribution in [0.5, 0.6) is 5.75 Å². The van der Waals surface area contributed by atoms with Gasteiger partial charge in [0.25, 0.3) is 11.8 Å². The molecule has 1 N–H and O–H groups in total. The van der Waals surface area contributed by atoms with Crippen LogP contribution in [0.2, 0.25) is 0 Å². The van der Waals surface area contributed by atoms with E-state index in [4.69, 9.17) is 9.26 Å². The van der Waals surface area contributed by atoms with Crippen LogP contribution >= 0.6 is 0 Å². The topological polar surface area (TPSA) is 77.2 Å². The molecule has 3 aromatic rings. The molecule has 0 bridgehead atoms. The van der Waals surface area contributed by atoms with Gasteiger partial charge in [-0.05, 0) is 31.0 Å². The molecule has 26 heavy (non-hydrogen) atoms. The summed E-state index contributed by atoms with van der Waals surface area (Å²) in [5.74, 6) is 1.26. The summed E-state index contributed by atoms with van der Waals surface area (Å²) in [7, 11) is 0. The fourth-order valence-electron chi connectivity index (χ4n) is 2.66. The molecule has 0 radical (unpaired) electrons. The molecule has 0 saturated carbocycles. The van der Waals surface area contributed by atoms with Gasteiger partial charge in [-0.15, -0.1) is 0 Å². The zero-order chi connectivity index (χ0) is 18.4.